The van der Waals surface area contributed by atoms with E-state index in [1.807, 2.05) is 6.92 Å². The Bertz CT molecular complexity index is 572. The van der Waals surface area contributed by atoms with Gasteiger partial charge < -0.3 is 5.11 Å². The highest BCUT2D eigenvalue weighted by atomic mass is 32.2. The maximum atomic E-state index is 12.8. The van der Waals surface area contributed by atoms with Gasteiger partial charge in [-0.3, -0.25) is 0 Å². The van der Waals surface area contributed by atoms with Crippen LogP contribution in [0.4, 0.5) is 0 Å². The van der Waals surface area contributed by atoms with Crippen molar-refractivity contribution in [3.63, 3.8) is 0 Å². The summed E-state index contributed by atoms with van der Waals surface area (Å²) in [6, 6.07) is 1.71. The van der Waals surface area contributed by atoms with E-state index in [0.29, 0.717) is 29.1 Å². The summed E-state index contributed by atoms with van der Waals surface area (Å²) in [6.45, 7) is 3.11. The Labute approximate surface area is 124 Å². The second-order valence-electron chi connectivity index (χ2n) is 6.04. The van der Waals surface area contributed by atoms with Gasteiger partial charge in [-0.1, -0.05) is 0 Å². The standard InChI is InChI=1S/C14H21NO3S2/c1-10-6-14(19-13(10)9-16)20(17,18)15(7-11-2-3-11)8-12-4-5-12/h6,11-12,16H,2-5,7-9H2,1H3. The molecule has 2 aliphatic rings. The van der Waals surface area contributed by atoms with Gasteiger partial charge in [0.25, 0.3) is 10.0 Å². The van der Waals surface area contributed by atoms with Crippen LogP contribution in [0, 0.1) is 18.8 Å². The van der Waals surface area contributed by atoms with E-state index in [1.165, 1.54) is 11.3 Å². The number of aliphatic hydroxyl groups excluding tert-OH is 1. The van der Waals surface area contributed by atoms with E-state index in [4.69, 9.17) is 0 Å². The van der Waals surface area contributed by atoms with E-state index < -0.39 is 10.0 Å². The predicted molar refractivity (Wildman–Crippen MR) is 79.2 cm³/mol. The monoisotopic (exact) mass is 315 g/mol. The van der Waals surface area contributed by atoms with Gasteiger partial charge in [-0.15, -0.1) is 11.3 Å². The number of rotatable bonds is 7. The van der Waals surface area contributed by atoms with Gasteiger partial charge in [-0.05, 0) is 56.1 Å². The van der Waals surface area contributed by atoms with Crippen molar-refractivity contribution in [2.24, 2.45) is 11.8 Å². The SMILES string of the molecule is Cc1cc(S(=O)(=O)N(CC2CC2)CC2CC2)sc1CO. The lowest BCUT2D eigenvalue weighted by atomic mass is 10.3. The van der Waals surface area contributed by atoms with Crippen molar-refractivity contribution in [3.05, 3.63) is 16.5 Å². The zero-order chi connectivity index (χ0) is 14.3. The molecule has 1 aromatic heterocycles. The molecule has 0 radical (unpaired) electrons. The summed E-state index contributed by atoms with van der Waals surface area (Å²) in [6.07, 6.45) is 4.62. The molecule has 0 spiro atoms. The molecule has 1 heterocycles. The molecule has 2 fully saturated rings. The van der Waals surface area contributed by atoms with Gasteiger partial charge in [0.15, 0.2) is 0 Å². The first-order valence-corrected chi connectivity index (χ1v) is 9.46. The third kappa shape index (κ3) is 3.08. The Morgan fingerprint density at radius 2 is 1.80 bits per heavy atom. The summed E-state index contributed by atoms with van der Waals surface area (Å²) in [5.74, 6) is 1.11. The number of aryl methyl sites for hydroxylation is 1. The fraction of sp³-hybridized carbons (Fsp3) is 0.714. The van der Waals surface area contributed by atoms with Crippen LogP contribution in [0.3, 0.4) is 0 Å². The summed E-state index contributed by atoms with van der Waals surface area (Å²) in [5, 5.41) is 9.25. The molecule has 4 nitrogen and oxygen atoms in total. The molecule has 20 heavy (non-hydrogen) atoms. The van der Waals surface area contributed by atoms with Crippen LogP contribution < -0.4 is 0 Å². The van der Waals surface area contributed by atoms with E-state index >= 15 is 0 Å². The molecule has 3 rings (SSSR count). The van der Waals surface area contributed by atoms with Gasteiger partial charge in [0, 0.05) is 18.0 Å². The third-order valence-corrected chi connectivity index (χ3v) is 7.56. The fourth-order valence-corrected chi connectivity index (χ4v) is 5.54. The van der Waals surface area contributed by atoms with E-state index in [0.717, 1.165) is 36.1 Å². The molecule has 0 aromatic carbocycles. The highest BCUT2D eigenvalue weighted by Crippen LogP contribution is 2.37. The largest absolute Gasteiger partial charge is 0.391 e. The van der Waals surface area contributed by atoms with E-state index in [2.05, 4.69) is 0 Å². The highest BCUT2D eigenvalue weighted by Gasteiger charge is 2.36. The summed E-state index contributed by atoms with van der Waals surface area (Å²) in [7, 11) is -3.38. The van der Waals surface area contributed by atoms with Gasteiger partial charge in [-0.2, -0.15) is 4.31 Å². The smallest absolute Gasteiger partial charge is 0.252 e. The molecule has 0 atom stereocenters. The average Bonchev–Trinajstić information content (AvgIpc) is 3.30. The quantitative estimate of drug-likeness (QED) is 0.840. The highest BCUT2D eigenvalue weighted by molar-refractivity contribution is 7.91. The van der Waals surface area contributed by atoms with Crippen LogP contribution in [-0.2, 0) is 16.6 Å². The minimum atomic E-state index is -3.38. The number of thiophene rings is 1. The Kier molecular flexibility index (Phi) is 3.92. The minimum Gasteiger partial charge on any atom is -0.391 e. The maximum absolute atomic E-state index is 12.8. The zero-order valence-corrected chi connectivity index (χ0v) is 13.3. The summed E-state index contributed by atoms with van der Waals surface area (Å²) < 4.78 is 27.7. The van der Waals surface area contributed by atoms with Gasteiger partial charge in [0.05, 0.1) is 6.61 Å². The number of nitrogens with zero attached hydrogens (tertiary/aromatic N) is 1. The molecule has 0 amide bonds. The number of aliphatic hydroxyl groups is 1. The van der Waals surface area contributed by atoms with Crippen molar-refractivity contribution in [1.82, 2.24) is 4.31 Å². The summed E-state index contributed by atoms with van der Waals surface area (Å²) >= 11 is 1.21. The molecule has 1 N–H and O–H groups in total. The van der Waals surface area contributed by atoms with Crippen molar-refractivity contribution >= 4 is 21.4 Å². The van der Waals surface area contributed by atoms with Gasteiger partial charge in [-0.25, -0.2) is 8.42 Å². The van der Waals surface area contributed by atoms with Crippen LogP contribution in [0.15, 0.2) is 10.3 Å². The molecular weight excluding hydrogens is 294 g/mol. The van der Waals surface area contributed by atoms with Crippen molar-refractivity contribution < 1.29 is 13.5 Å². The maximum Gasteiger partial charge on any atom is 0.252 e. The van der Waals surface area contributed by atoms with Crippen molar-refractivity contribution in [2.75, 3.05) is 13.1 Å². The minimum absolute atomic E-state index is 0.0860. The normalized spacial score (nSPS) is 19.8. The van der Waals surface area contributed by atoms with Gasteiger partial charge >= 0.3 is 0 Å². The summed E-state index contributed by atoms with van der Waals surface area (Å²) in [5.41, 5.74) is 0.869. The van der Waals surface area contributed by atoms with E-state index in [1.54, 1.807) is 10.4 Å². The third-order valence-electron chi connectivity index (χ3n) is 4.05. The molecule has 6 heteroatoms. The lowest BCUT2D eigenvalue weighted by Crippen LogP contribution is -2.34. The molecule has 0 saturated heterocycles. The predicted octanol–water partition coefficient (Wildman–Crippen LogP) is 2.36. The van der Waals surface area contributed by atoms with E-state index in [9.17, 15) is 13.5 Å². The number of hydrogen-bond donors (Lipinski definition) is 1. The molecular formula is C14H21NO3S2. The van der Waals surface area contributed by atoms with Crippen LogP contribution in [0.2, 0.25) is 0 Å². The second-order valence-corrected chi connectivity index (χ2v) is 9.34. The van der Waals surface area contributed by atoms with Crippen molar-refractivity contribution in [1.29, 1.82) is 0 Å². The number of hydrogen-bond acceptors (Lipinski definition) is 4. The van der Waals surface area contributed by atoms with E-state index in [-0.39, 0.29) is 6.61 Å². The molecule has 112 valence electrons. The Balaban J connectivity index is 1.84. The first-order valence-electron chi connectivity index (χ1n) is 7.21. The number of sulfonamides is 1. The Morgan fingerprint density at radius 3 is 2.20 bits per heavy atom. The molecule has 2 saturated carbocycles. The van der Waals surface area contributed by atoms with Gasteiger partial charge in [0.1, 0.15) is 4.21 Å². The molecule has 0 unspecified atom stereocenters. The molecule has 1 aromatic rings. The fourth-order valence-electron chi connectivity index (χ4n) is 2.35. The van der Waals surface area contributed by atoms with Crippen LogP contribution in [0.1, 0.15) is 36.1 Å². The summed E-state index contributed by atoms with van der Waals surface area (Å²) in [4.78, 5) is 0.751. The average molecular weight is 315 g/mol. The van der Waals surface area contributed by atoms with Gasteiger partial charge in [0.2, 0.25) is 0 Å². The zero-order valence-electron chi connectivity index (χ0n) is 11.7. The van der Waals surface area contributed by atoms with Crippen molar-refractivity contribution in [2.45, 2.75) is 43.4 Å². The lowest BCUT2D eigenvalue weighted by molar-refractivity contribution is 0.285. The first-order chi connectivity index (χ1) is 9.50. The molecule has 0 aliphatic heterocycles. The van der Waals surface area contributed by atoms with Crippen LogP contribution in [-0.4, -0.2) is 30.9 Å². The lowest BCUT2D eigenvalue weighted by Gasteiger charge is -2.21. The van der Waals surface area contributed by atoms with Crippen LogP contribution in [0.5, 0.6) is 0 Å². The van der Waals surface area contributed by atoms with Crippen LogP contribution in [0.25, 0.3) is 0 Å². The topological polar surface area (TPSA) is 57.6 Å². The first kappa shape index (κ1) is 14.5. The van der Waals surface area contributed by atoms with Crippen LogP contribution >= 0.6 is 11.3 Å². The second kappa shape index (κ2) is 5.40. The molecule has 2 aliphatic carbocycles. The van der Waals surface area contributed by atoms with Crippen molar-refractivity contribution in [3.8, 4) is 0 Å². The Hall–Kier alpha value is -0.430. The molecule has 0 bridgehead atoms. The Morgan fingerprint density at radius 1 is 1.25 bits per heavy atom.